The number of carbonyl (C=O) groups excluding carboxylic acids is 2. The Bertz CT molecular complexity index is 639. The van der Waals surface area contributed by atoms with Crippen LogP contribution in [0, 0.1) is 27.7 Å². The van der Waals surface area contributed by atoms with E-state index in [0.717, 1.165) is 29.4 Å². The van der Waals surface area contributed by atoms with Gasteiger partial charge in [-0.3, -0.25) is 10.2 Å². The van der Waals surface area contributed by atoms with Crippen molar-refractivity contribution in [2.45, 2.75) is 35.1 Å². The maximum Gasteiger partial charge on any atom is 0.337 e. The molecule has 150 valence electrons. The van der Waals surface area contributed by atoms with Gasteiger partial charge in [0.2, 0.25) is 0 Å². The molecule has 27 heavy (non-hydrogen) atoms. The molecule has 6 nitrogen and oxygen atoms in total. The second kappa shape index (κ2) is 13.5. The smallest absolute Gasteiger partial charge is 0.337 e. The number of aryl methyl sites for hydroxylation is 4. The van der Waals surface area contributed by atoms with Crippen LogP contribution < -0.4 is 11.3 Å². The van der Waals surface area contributed by atoms with Gasteiger partial charge in [0.15, 0.2) is 0 Å². The van der Waals surface area contributed by atoms with Crippen molar-refractivity contribution in [1.82, 2.24) is 5.43 Å². The van der Waals surface area contributed by atoms with Crippen LogP contribution in [0.25, 0.3) is 0 Å². The molecule has 4 N–H and O–H groups in total. The van der Waals surface area contributed by atoms with Gasteiger partial charge in [0.05, 0.1) is 12.7 Å². The highest BCUT2D eigenvalue weighted by atomic mass is 16.5. The minimum Gasteiger partial charge on any atom is -0.465 e. The maximum atomic E-state index is 11.1. The van der Waals surface area contributed by atoms with Crippen molar-refractivity contribution in [3.63, 3.8) is 0 Å². The van der Waals surface area contributed by atoms with Gasteiger partial charge in [0.1, 0.15) is 0 Å². The number of nitrogen functional groups attached to an aromatic ring is 1. The van der Waals surface area contributed by atoms with Crippen LogP contribution in [0.2, 0.25) is 0 Å². The van der Waals surface area contributed by atoms with E-state index < -0.39 is 0 Å². The molecular weight excluding hydrogens is 344 g/mol. The van der Waals surface area contributed by atoms with Crippen molar-refractivity contribution in [3.8, 4) is 0 Å². The van der Waals surface area contributed by atoms with E-state index in [1.54, 1.807) is 12.1 Å². The highest BCUT2D eigenvalue weighted by Crippen LogP contribution is 2.09. The fourth-order valence-corrected chi connectivity index (χ4v) is 2.40. The quantitative estimate of drug-likeness (QED) is 0.323. The van der Waals surface area contributed by atoms with Gasteiger partial charge in [-0.25, -0.2) is 10.6 Å². The molecule has 0 heterocycles. The van der Waals surface area contributed by atoms with Gasteiger partial charge in [0, 0.05) is 12.7 Å². The van der Waals surface area contributed by atoms with Crippen molar-refractivity contribution in [1.29, 1.82) is 0 Å². The van der Waals surface area contributed by atoms with Crippen LogP contribution in [0.15, 0.2) is 36.4 Å². The summed E-state index contributed by atoms with van der Waals surface area (Å²) in [7, 11) is 2.39. The average molecular weight is 376 g/mol. The van der Waals surface area contributed by atoms with E-state index in [0.29, 0.717) is 11.1 Å². The number of benzene rings is 2. The third-order valence-electron chi connectivity index (χ3n) is 3.26. The number of amides is 1. The molecule has 6 heteroatoms. The largest absolute Gasteiger partial charge is 0.465 e. The van der Waals surface area contributed by atoms with Crippen molar-refractivity contribution in [3.05, 3.63) is 69.8 Å². The minimum absolute atomic E-state index is 0. The lowest BCUT2D eigenvalue weighted by molar-refractivity contribution is 0.0600. The Morgan fingerprint density at radius 2 is 1.15 bits per heavy atom. The number of ether oxygens (including phenoxy) is 1. The number of aliphatic hydroxyl groups is 1. The number of hydrazine groups is 1. The molecule has 0 spiro atoms. The zero-order valence-electron chi connectivity index (χ0n) is 16.2. The first-order valence-electron chi connectivity index (χ1n) is 7.97. The predicted octanol–water partition coefficient (Wildman–Crippen LogP) is 3.24. The molecule has 0 bridgehead atoms. The zero-order valence-corrected chi connectivity index (χ0v) is 16.2. The van der Waals surface area contributed by atoms with Gasteiger partial charge in [-0.15, -0.1) is 0 Å². The highest BCUT2D eigenvalue weighted by Gasteiger charge is 2.05. The molecule has 2 aromatic carbocycles. The van der Waals surface area contributed by atoms with E-state index in [-0.39, 0.29) is 19.3 Å². The molecule has 0 fully saturated rings. The van der Waals surface area contributed by atoms with Crippen LogP contribution in [-0.2, 0) is 4.74 Å². The summed E-state index contributed by atoms with van der Waals surface area (Å²) in [6, 6.07) is 11.3. The van der Waals surface area contributed by atoms with E-state index in [1.165, 1.54) is 7.11 Å². The lowest BCUT2D eigenvalue weighted by Gasteiger charge is -2.02. The van der Waals surface area contributed by atoms with E-state index in [4.69, 9.17) is 10.9 Å². The summed E-state index contributed by atoms with van der Waals surface area (Å²) in [6.07, 6.45) is 0. The maximum absolute atomic E-state index is 11.1. The molecule has 2 rings (SSSR count). The molecule has 1 amide bonds. The first-order valence-corrected chi connectivity index (χ1v) is 7.97. The van der Waals surface area contributed by atoms with Crippen LogP contribution >= 0.6 is 0 Å². The molecule has 0 aliphatic carbocycles. The zero-order chi connectivity index (χ0) is 20.3. The predicted molar refractivity (Wildman–Crippen MR) is 110 cm³/mol. The number of aliphatic hydroxyl groups excluding tert-OH is 1. The van der Waals surface area contributed by atoms with Gasteiger partial charge in [0.25, 0.3) is 5.91 Å². The van der Waals surface area contributed by atoms with Crippen molar-refractivity contribution in [2.24, 2.45) is 5.84 Å². The topological polar surface area (TPSA) is 102 Å². The molecule has 0 atom stereocenters. The number of rotatable bonds is 2. The third kappa shape index (κ3) is 9.53. The second-order valence-electron chi connectivity index (χ2n) is 5.72. The Hall–Kier alpha value is -2.70. The van der Waals surface area contributed by atoms with E-state index in [2.05, 4.69) is 10.2 Å². The Morgan fingerprint density at radius 1 is 0.815 bits per heavy atom. The third-order valence-corrected chi connectivity index (χ3v) is 3.26. The Labute approximate surface area is 162 Å². The molecule has 0 saturated carbocycles. The Kier molecular flexibility index (Phi) is 13.3. The van der Waals surface area contributed by atoms with E-state index in [1.807, 2.05) is 52.0 Å². The molecule has 0 unspecified atom stereocenters. The fourth-order valence-electron chi connectivity index (χ4n) is 2.40. The van der Waals surface area contributed by atoms with Crippen molar-refractivity contribution in [2.75, 3.05) is 14.2 Å². The second-order valence-corrected chi connectivity index (χ2v) is 5.72. The minimum atomic E-state index is -0.276. The van der Waals surface area contributed by atoms with Crippen LogP contribution in [-0.4, -0.2) is 31.2 Å². The number of methoxy groups -OCH3 is 1. The highest BCUT2D eigenvalue weighted by molar-refractivity contribution is 5.94. The molecule has 0 saturated heterocycles. The standard InChI is InChI=1S/C10H12O2.C9H12N2O.CH4O.CH4/c1-7-4-8(2)6-9(5-7)10(11)12-3;1-6-3-7(2)5-8(4-6)9(12)11-10;1-2;/h4-6H,1-3H3;3-5H,10H2,1-2H3,(H,11,12);2H,1H3;1H4. The van der Waals surface area contributed by atoms with E-state index >= 15 is 0 Å². The normalized spacial score (nSPS) is 8.74. The van der Waals surface area contributed by atoms with Gasteiger partial charge >= 0.3 is 5.97 Å². The molecule has 0 aliphatic rings. The average Bonchev–Trinajstić information content (AvgIpc) is 2.61. The van der Waals surface area contributed by atoms with Crippen LogP contribution in [0.3, 0.4) is 0 Å². The summed E-state index contributed by atoms with van der Waals surface area (Å²) >= 11 is 0. The summed E-state index contributed by atoms with van der Waals surface area (Å²) < 4.78 is 4.61. The van der Waals surface area contributed by atoms with Gasteiger partial charge < -0.3 is 9.84 Å². The molecule has 0 aliphatic heterocycles. The fraction of sp³-hybridized carbons (Fsp3) is 0.333. The van der Waals surface area contributed by atoms with Gasteiger partial charge in [-0.05, 0) is 52.0 Å². The lowest BCUT2D eigenvalue weighted by Crippen LogP contribution is -2.30. The monoisotopic (exact) mass is 376 g/mol. The Morgan fingerprint density at radius 3 is 1.44 bits per heavy atom. The van der Waals surface area contributed by atoms with E-state index in [9.17, 15) is 9.59 Å². The first kappa shape index (κ1) is 26.5. The summed E-state index contributed by atoms with van der Waals surface area (Å²) in [5.41, 5.74) is 7.61. The molecular formula is C21H32N2O4. The summed E-state index contributed by atoms with van der Waals surface area (Å²) in [5.74, 6) is 4.48. The summed E-state index contributed by atoms with van der Waals surface area (Å²) in [4.78, 5) is 22.2. The van der Waals surface area contributed by atoms with Crippen LogP contribution in [0.5, 0.6) is 0 Å². The summed E-state index contributed by atoms with van der Waals surface area (Å²) in [5, 5.41) is 7.00. The number of carbonyl (C=O) groups is 2. The summed E-state index contributed by atoms with van der Waals surface area (Å²) in [6.45, 7) is 7.81. The van der Waals surface area contributed by atoms with Crippen molar-refractivity contribution < 1.29 is 19.4 Å². The number of hydrogen-bond acceptors (Lipinski definition) is 5. The molecule has 0 radical (unpaired) electrons. The first-order chi connectivity index (χ1) is 12.3. The Balaban J connectivity index is 0. The number of nitrogens with two attached hydrogens (primary N) is 1. The number of hydrogen-bond donors (Lipinski definition) is 3. The lowest BCUT2D eigenvalue weighted by atomic mass is 10.1. The van der Waals surface area contributed by atoms with Gasteiger partial charge in [-0.2, -0.15) is 0 Å². The van der Waals surface area contributed by atoms with Crippen LogP contribution in [0.1, 0.15) is 50.4 Å². The van der Waals surface area contributed by atoms with Crippen LogP contribution in [0.4, 0.5) is 0 Å². The van der Waals surface area contributed by atoms with Crippen molar-refractivity contribution >= 4 is 11.9 Å². The molecule has 0 aromatic heterocycles. The SMILES string of the molecule is C.CO.COC(=O)c1cc(C)cc(C)c1.Cc1cc(C)cc(C(=O)NN)c1. The van der Waals surface area contributed by atoms with Gasteiger partial charge in [-0.1, -0.05) is 41.8 Å². The molecule has 2 aromatic rings. The number of nitrogens with one attached hydrogen (secondary N) is 1. The number of esters is 1.